The summed E-state index contributed by atoms with van der Waals surface area (Å²) in [6.07, 6.45) is 2.31. The van der Waals surface area contributed by atoms with Crippen molar-refractivity contribution in [2.45, 2.75) is 25.8 Å². The molecular formula is C24H25FN4O2. The third-order valence-electron chi connectivity index (χ3n) is 6.34. The number of aryl methyl sites for hydroxylation is 1. The van der Waals surface area contributed by atoms with Gasteiger partial charge in [-0.3, -0.25) is 4.79 Å². The largest absolute Gasteiger partial charge is 0.396 e. The normalized spacial score (nSPS) is 15.9. The average molecular weight is 420 g/mol. The number of carbonyl (C=O) groups is 1. The number of aromatic nitrogens is 3. The van der Waals surface area contributed by atoms with E-state index in [0.717, 1.165) is 48.2 Å². The van der Waals surface area contributed by atoms with Crippen molar-refractivity contribution >= 4 is 33.9 Å². The molecule has 1 unspecified atom stereocenters. The average Bonchev–Trinajstić information content (AvgIpc) is 3.32. The molecule has 2 aromatic heterocycles. The molecule has 0 fully saturated rings. The van der Waals surface area contributed by atoms with Crippen molar-refractivity contribution in [3.05, 3.63) is 47.8 Å². The fourth-order valence-electron chi connectivity index (χ4n) is 4.91. The zero-order valence-corrected chi connectivity index (χ0v) is 17.7. The van der Waals surface area contributed by atoms with Crippen molar-refractivity contribution in [1.82, 2.24) is 14.1 Å². The van der Waals surface area contributed by atoms with Gasteiger partial charge in [0.05, 0.1) is 28.5 Å². The van der Waals surface area contributed by atoms with E-state index < -0.39 is 5.82 Å². The van der Waals surface area contributed by atoms with Crippen molar-refractivity contribution in [3.63, 3.8) is 0 Å². The van der Waals surface area contributed by atoms with Gasteiger partial charge in [0.25, 0.3) is 0 Å². The number of anilines is 1. The number of hydrogen-bond acceptors (Lipinski definition) is 4. The standard InChI is InChI=1S/C24H25FN4O2/c1-3-17-13-28(8-5-9-30)20-7-4-6-16-12-21(29(17)22(16)20)24-26-19-11-15(14-31)10-18(25)23(19)27(24)2/h4,6-7,10-12,14,17,30H,3,5,8-9,13H2,1-2H3. The first-order valence-corrected chi connectivity index (χ1v) is 10.7. The molecule has 2 aromatic carbocycles. The number of hydrogen-bond donors (Lipinski definition) is 1. The second-order valence-electron chi connectivity index (χ2n) is 8.18. The summed E-state index contributed by atoms with van der Waals surface area (Å²) in [6, 6.07) is 11.5. The Morgan fingerprint density at radius 2 is 2.10 bits per heavy atom. The van der Waals surface area contributed by atoms with Gasteiger partial charge in [-0.1, -0.05) is 19.1 Å². The lowest BCUT2D eigenvalue weighted by Crippen LogP contribution is -2.36. The third-order valence-corrected chi connectivity index (χ3v) is 6.34. The molecular weight excluding hydrogens is 395 g/mol. The minimum Gasteiger partial charge on any atom is -0.396 e. The lowest BCUT2D eigenvalue weighted by Gasteiger charge is -2.36. The highest BCUT2D eigenvalue weighted by molar-refractivity contribution is 5.97. The van der Waals surface area contributed by atoms with E-state index in [0.29, 0.717) is 23.1 Å². The van der Waals surface area contributed by atoms with Gasteiger partial charge in [-0.2, -0.15) is 0 Å². The number of aldehydes is 1. The van der Waals surface area contributed by atoms with Crippen molar-refractivity contribution in [3.8, 4) is 11.5 Å². The minimum atomic E-state index is -0.446. The molecule has 1 atom stereocenters. The number of para-hydroxylation sites is 1. The third kappa shape index (κ3) is 2.95. The molecule has 1 aliphatic rings. The Hall–Kier alpha value is -3.19. The fraction of sp³-hybridized carbons (Fsp3) is 0.333. The van der Waals surface area contributed by atoms with Crippen LogP contribution in [-0.4, -0.2) is 45.2 Å². The van der Waals surface area contributed by atoms with E-state index in [1.54, 1.807) is 10.6 Å². The highest BCUT2D eigenvalue weighted by Crippen LogP contribution is 2.41. The molecule has 7 heteroatoms. The Labute approximate surface area is 179 Å². The molecule has 0 amide bonds. The summed E-state index contributed by atoms with van der Waals surface area (Å²) in [4.78, 5) is 18.3. The summed E-state index contributed by atoms with van der Waals surface area (Å²) >= 11 is 0. The van der Waals surface area contributed by atoms with E-state index in [-0.39, 0.29) is 18.2 Å². The van der Waals surface area contributed by atoms with Gasteiger partial charge in [0.15, 0.2) is 5.82 Å². The molecule has 0 bridgehead atoms. The monoisotopic (exact) mass is 420 g/mol. The second-order valence-corrected chi connectivity index (χ2v) is 8.18. The zero-order chi connectivity index (χ0) is 21.7. The number of aliphatic hydroxyl groups excluding tert-OH is 1. The van der Waals surface area contributed by atoms with Crippen molar-refractivity contribution in [2.24, 2.45) is 7.05 Å². The van der Waals surface area contributed by atoms with Crippen LogP contribution >= 0.6 is 0 Å². The van der Waals surface area contributed by atoms with E-state index in [1.807, 2.05) is 7.05 Å². The van der Waals surface area contributed by atoms with Crippen LogP contribution in [0.3, 0.4) is 0 Å². The van der Waals surface area contributed by atoms with Crippen LogP contribution in [0.15, 0.2) is 36.4 Å². The van der Waals surface area contributed by atoms with Gasteiger partial charge in [0.2, 0.25) is 0 Å². The molecule has 31 heavy (non-hydrogen) atoms. The van der Waals surface area contributed by atoms with Gasteiger partial charge in [-0.05, 0) is 37.1 Å². The minimum absolute atomic E-state index is 0.170. The summed E-state index contributed by atoms with van der Waals surface area (Å²) in [5, 5.41) is 10.4. The molecule has 6 nitrogen and oxygen atoms in total. The van der Waals surface area contributed by atoms with Crippen molar-refractivity contribution < 1.29 is 14.3 Å². The Morgan fingerprint density at radius 3 is 2.84 bits per heavy atom. The Bertz CT molecular complexity index is 1310. The smallest absolute Gasteiger partial charge is 0.157 e. The van der Waals surface area contributed by atoms with Gasteiger partial charge >= 0.3 is 0 Å². The summed E-state index contributed by atoms with van der Waals surface area (Å²) in [7, 11) is 1.82. The van der Waals surface area contributed by atoms with E-state index >= 15 is 0 Å². The number of carbonyl (C=O) groups excluding carboxylic acids is 1. The van der Waals surface area contributed by atoms with E-state index in [9.17, 15) is 14.3 Å². The first kappa shape index (κ1) is 19.8. The van der Waals surface area contributed by atoms with Crippen LogP contribution < -0.4 is 4.90 Å². The number of nitrogens with zero attached hydrogens (tertiary/aromatic N) is 4. The summed E-state index contributed by atoms with van der Waals surface area (Å²) < 4.78 is 18.9. The molecule has 1 aliphatic heterocycles. The molecule has 0 saturated heterocycles. The predicted octanol–water partition coefficient (Wildman–Crippen LogP) is 4.30. The summed E-state index contributed by atoms with van der Waals surface area (Å²) in [5.41, 5.74) is 4.40. The Kier molecular flexibility index (Phi) is 4.78. The van der Waals surface area contributed by atoms with Crippen LogP contribution in [0, 0.1) is 5.82 Å². The fourth-order valence-corrected chi connectivity index (χ4v) is 4.91. The second kappa shape index (κ2) is 7.50. The SMILES string of the molecule is CCC1CN(CCCO)c2cccc3cc(-c4nc5cc(C=O)cc(F)c5n4C)n1c23. The van der Waals surface area contributed by atoms with Crippen LogP contribution in [0.25, 0.3) is 33.5 Å². The summed E-state index contributed by atoms with van der Waals surface area (Å²) in [6.45, 7) is 3.99. The first-order valence-electron chi connectivity index (χ1n) is 10.7. The maximum Gasteiger partial charge on any atom is 0.157 e. The number of halogens is 1. The van der Waals surface area contributed by atoms with Gasteiger partial charge < -0.3 is 19.1 Å². The van der Waals surface area contributed by atoms with Crippen LogP contribution in [-0.2, 0) is 7.05 Å². The number of aliphatic hydroxyl groups is 1. The van der Waals surface area contributed by atoms with Crippen LogP contribution in [0.2, 0.25) is 0 Å². The van der Waals surface area contributed by atoms with Crippen LogP contribution in [0.1, 0.15) is 36.2 Å². The predicted molar refractivity (Wildman–Crippen MR) is 120 cm³/mol. The van der Waals surface area contributed by atoms with Crippen molar-refractivity contribution in [2.75, 3.05) is 24.6 Å². The maximum atomic E-state index is 14.7. The number of rotatable bonds is 6. The highest BCUT2D eigenvalue weighted by Gasteiger charge is 2.29. The van der Waals surface area contributed by atoms with Gasteiger partial charge in [-0.25, -0.2) is 9.37 Å². The molecule has 0 radical (unpaired) electrons. The molecule has 4 aromatic rings. The van der Waals surface area contributed by atoms with E-state index in [1.165, 1.54) is 6.07 Å². The molecule has 0 saturated carbocycles. The maximum absolute atomic E-state index is 14.7. The molecule has 1 N–H and O–H groups in total. The number of fused-ring (bicyclic) bond motifs is 1. The lowest BCUT2D eigenvalue weighted by atomic mass is 10.1. The van der Waals surface area contributed by atoms with Gasteiger partial charge in [0, 0.05) is 37.7 Å². The molecule has 160 valence electrons. The zero-order valence-electron chi connectivity index (χ0n) is 17.7. The topological polar surface area (TPSA) is 63.3 Å². The van der Waals surface area contributed by atoms with Crippen molar-refractivity contribution in [1.29, 1.82) is 0 Å². The lowest BCUT2D eigenvalue weighted by molar-refractivity contribution is 0.112. The number of benzene rings is 2. The molecule has 5 rings (SSSR count). The summed E-state index contributed by atoms with van der Waals surface area (Å²) in [5.74, 6) is 0.236. The Balaban J connectivity index is 1.76. The highest BCUT2D eigenvalue weighted by atomic mass is 19.1. The molecule has 0 aliphatic carbocycles. The van der Waals surface area contributed by atoms with E-state index in [2.05, 4.69) is 40.7 Å². The number of imidazole rings is 1. The van der Waals surface area contributed by atoms with Crippen LogP contribution in [0.4, 0.5) is 10.1 Å². The van der Waals surface area contributed by atoms with Gasteiger partial charge in [0.1, 0.15) is 17.6 Å². The first-order chi connectivity index (χ1) is 15.1. The molecule has 3 heterocycles. The quantitative estimate of drug-likeness (QED) is 0.473. The van der Waals surface area contributed by atoms with Gasteiger partial charge in [-0.15, -0.1) is 0 Å². The van der Waals surface area contributed by atoms with Crippen LogP contribution in [0.5, 0.6) is 0 Å². The van der Waals surface area contributed by atoms with E-state index in [4.69, 9.17) is 4.98 Å². The molecule has 0 spiro atoms. The Morgan fingerprint density at radius 1 is 1.26 bits per heavy atom.